The van der Waals surface area contributed by atoms with Gasteiger partial charge in [0.2, 0.25) is 11.8 Å². The number of morpholine rings is 1. The Balaban J connectivity index is 1.30. The van der Waals surface area contributed by atoms with Crippen molar-refractivity contribution in [2.45, 2.75) is 31.7 Å². The highest BCUT2D eigenvalue weighted by Gasteiger charge is 2.31. The van der Waals surface area contributed by atoms with Gasteiger partial charge in [-0.25, -0.2) is 0 Å². The van der Waals surface area contributed by atoms with Crippen molar-refractivity contribution in [3.8, 4) is 0 Å². The minimum absolute atomic E-state index is 0.0146. The summed E-state index contributed by atoms with van der Waals surface area (Å²) in [6.45, 7) is 7.05. The molecule has 3 heterocycles. The molecule has 0 aromatic heterocycles. The molecule has 0 radical (unpaired) electrons. The Morgan fingerprint density at radius 3 is 2.56 bits per heavy atom. The molecule has 2 unspecified atom stereocenters. The molecule has 0 saturated carbocycles. The Hall–Kier alpha value is -1.67. The van der Waals surface area contributed by atoms with Crippen LogP contribution < -0.4 is 5.32 Å². The van der Waals surface area contributed by atoms with Crippen molar-refractivity contribution in [2.24, 2.45) is 5.92 Å². The molecule has 3 fully saturated rings. The number of nitrogens with one attached hydrogen (secondary N) is 1. The number of carbonyl (C=O) groups is 2. The lowest BCUT2D eigenvalue weighted by atomic mass is 9.96. The molecule has 3 aliphatic heterocycles. The molecule has 0 aliphatic carbocycles. The van der Waals surface area contributed by atoms with E-state index in [1.54, 1.807) is 0 Å². The molecule has 0 spiro atoms. The SMILES string of the molecule is O=C(CN1CCCC(C(=O)N2CCOCC2)C1)NCC(c1ccccc1Cl)N1CCCC1. The number of carbonyl (C=O) groups excluding carboxylic acids is 2. The third-order valence-electron chi connectivity index (χ3n) is 6.88. The molecule has 7 nitrogen and oxygen atoms in total. The van der Waals surface area contributed by atoms with Gasteiger partial charge >= 0.3 is 0 Å². The van der Waals surface area contributed by atoms with E-state index in [1.807, 2.05) is 23.1 Å². The second-order valence-electron chi connectivity index (χ2n) is 9.10. The fourth-order valence-corrected chi connectivity index (χ4v) is 5.41. The minimum atomic E-state index is -0.0184. The summed E-state index contributed by atoms with van der Waals surface area (Å²) in [5.41, 5.74) is 1.07. The molecule has 176 valence electrons. The molecule has 8 heteroatoms. The normalized spacial score (nSPS) is 23.8. The Morgan fingerprint density at radius 2 is 1.81 bits per heavy atom. The zero-order valence-corrected chi connectivity index (χ0v) is 19.6. The highest BCUT2D eigenvalue weighted by Crippen LogP contribution is 2.29. The van der Waals surface area contributed by atoms with E-state index in [0.717, 1.165) is 43.1 Å². The number of hydrogen-bond donors (Lipinski definition) is 1. The van der Waals surface area contributed by atoms with Crippen LogP contribution in [0.5, 0.6) is 0 Å². The first-order valence-electron chi connectivity index (χ1n) is 12.0. The summed E-state index contributed by atoms with van der Waals surface area (Å²) in [5, 5.41) is 3.90. The highest BCUT2D eigenvalue weighted by molar-refractivity contribution is 6.31. The van der Waals surface area contributed by atoms with Gasteiger partial charge in [-0.1, -0.05) is 29.8 Å². The average molecular weight is 463 g/mol. The van der Waals surface area contributed by atoms with Crippen molar-refractivity contribution >= 4 is 23.4 Å². The summed E-state index contributed by atoms with van der Waals surface area (Å²) in [6, 6.07) is 8.01. The van der Waals surface area contributed by atoms with Crippen LogP contribution in [0.3, 0.4) is 0 Å². The van der Waals surface area contributed by atoms with Crippen molar-refractivity contribution in [1.29, 1.82) is 0 Å². The van der Waals surface area contributed by atoms with Crippen molar-refractivity contribution in [2.75, 3.05) is 65.6 Å². The lowest BCUT2D eigenvalue weighted by Crippen LogP contribution is -2.50. The van der Waals surface area contributed by atoms with E-state index < -0.39 is 0 Å². The number of hydrogen-bond acceptors (Lipinski definition) is 5. The van der Waals surface area contributed by atoms with Crippen molar-refractivity contribution in [3.63, 3.8) is 0 Å². The third-order valence-corrected chi connectivity index (χ3v) is 7.23. The number of piperidine rings is 1. The number of halogens is 1. The maximum absolute atomic E-state index is 12.9. The third kappa shape index (κ3) is 6.01. The maximum atomic E-state index is 12.9. The van der Waals surface area contributed by atoms with Gasteiger partial charge in [0.15, 0.2) is 0 Å². The van der Waals surface area contributed by atoms with Crippen LogP contribution in [-0.4, -0.2) is 92.1 Å². The van der Waals surface area contributed by atoms with Gasteiger partial charge in [-0.3, -0.25) is 19.4 Å². The minimum Gasteiger partial charge on any atom is -0.378 e. The Bertz CT molecular complexity index is 780. The van der Waals surface area contributed by atoms with Crippen LogP contribution in [-0.2, 0) is 14.3 Å². The lowest BCUT2D eigenvalue weighted by Gasteiger charge is -2.36. The van der Waals surface area contributed by atoms with Gasteiger partial charge in [-0.15, -0.1) is 0 Å². The second-order valence-corrected chi connectivity index (χ2v) is 9.50. The molecule has 2 amide bonds. The van der Waals surface area contributed by atoms with E-state index in [0.29, 0.717) is 45.9 Å². The fraction of sp³-hybridized carbons (Fsp3) is 0.667. The predicted octanol–water partition coefficient (Wildman–Crippen LogP) is 2.16. The lowest BCUT2D eigenvalue weighted by molar-refractivity contribution is -0.142. The van der Waals surface area contributed by atoms with Crippen molar-refractivity contribution < 1.29 is 14.3 Å². The van der Waals surface area contributed by atoms with E-state index >= 15 is 0 Å². The van der Waals surface area contributed by atoms with E-state index in [-0.39, 0.29) is 23.8 Å². The van der Waals surface area contributed by atoms with Crippen LogP contribution in [0, 0.1) is 5.92 Å². The topological polar surface area (TPSA) is 65.1 Å². The smallest absolute Gasteiger partial charge is 0.234 e. The fourth-order valence-electron chi connectivity index (χ4n) is 5.15. The molecule has 1 aromatic rings. The van der Waals surface area contributed by atoms with E-state index in [1.165, 1.54) is 12.8 Å². The Kier molecular flexibility index (Phi) is 8.41. The molecular formula is C24H35ClN4O3. The number of likely N-dealkylation sites (tertiary alicyclic amines) is 2. The van der Waals surface area contributed by atoms with Crippen LogP contribution in [0.25, 0.3) is 0 Å². The first-order valence-corrected chi connectivity index (χ1v) is 12.3. The van der Waals surface area contributed by atoms with Gasteiger partial charge in [0.05, 0.1) is 31.7 Å². The van der Waals surface area contributed by atoms with Gasteiger partial charge in [0, 0.05) is 31.2 Å². The molecule has 4 rings (SSSR count). The van der Waals surface area contributed by atoms with Crippen molar-refractivity contribution in [3.05, 3.63) is 34.9 Å². The van der Waals surface area contributed by atoms with Crippen LogP contribution in [0.15, 0.2) is 24.3 Å². The first-order chi connectivity index (χ1) is 15.6. The number of ether oxygens (including phenoxy) is 1. The van der Waals surface area contributed by atoms with E-state index in [2.05, 4.69) is 21.2 Å². The largest absolute Gasteiger partial charge is 0.378 e. The zero-order valence-electron chi connectivity index (χ0n) is 18.8. The first kappa shape index (κ1) is 23.5. The summed E-state index contributed by atoms with van der Waals surface area (Å²) >= 11 is 6.49. The van der Waals surface area contributed by atoms with Gasteiger partial charge in [-0.2, -0.15) is 0 Å². The number of benzene rings is 1. The molecule has 1 N–H and O–H groups in total. The molecule has 1 aromatic carbocycles. The summed E-state index contributed by atoms with van der Waals surface area (Å²) in [5.74, 6) is 0.210. The molecule has 32 heavy (non-hydrogen) atoms. The molecule has 3 saturated heterocycles. The second kappa shape index (κ2) is 11.5. The van der Waals surface area contributed by atoms with Crippen LogP contribution in [0.1, 0.15) is 37.3 Å². The van der Waals surface area contributed by atoms with E-state index in [4.69, 9.17) is 16.3 Å². The zero-order chi connectivity index (χ0) is 22.3. The number of nitrogens with zero attached hydrogens (tertiary/aromatic N) is 3. The summed E-state index contributed by atoms with van der Waals surface area (Å²) in [4.78, 5) is 32.1. The standard InChI is InChI=1S/C24H35ClN4O3/c25-21-8-2-1-7-20(21)22(28-10-3-4-11-28)16-26-23(30)18-27-9-5-6-19(17-27)24(31)29-12-14-32-15-13-29/h1-2,7-8,19,22H,3-6,9-18H2,(H,26,30). The van der Waals surface area contributed by atoms with Crippen LogP contribution in [0.4, 0.5) is 0 Å². The van der Waals surface area contributed by atoms with Gasteiger partial charge in [0.1, 0.15) is 0 Å². The quantitative estimate of drug-likeness (QED) is 0.672. The van der Waals surface area contributed by atoms with Gasteiger partial charge in [0.25, 0.3) is 0 Å². The number of amides is 2. The average Bonchev–Trinajstić information content (AvgIpc) is 3.35. The summed E-state index contributed by atoms with van der Waals surface area (Å²) in [7, 11) is 0. The molecule has 2 atom stereocenters. The summed E-state index contributed by atoms with van der Waals surface area (Å²) in [6.07, 6.45) is 4.21. The Morgan fingerprint density at radius 1 is 1.06 bits per heavy atom. The number of rotatable bonds is 7. The van der Waals surface area contributed by atoms with Crippen LogP contribution >= 0.6 is 11.6 Å². The van der Waals surface area contributed by atoms with Gasteiger partial charge < -0.3 is 15.0 Å². The predicted molar refractivity (Wildman–Crippen MR) is 125 cm³/mol. The summed E-state index contributed by atoms with van der Waals surface area (Å²) < 4.78 is 5.36. The van der Waals surface area contributed by atoms with Gasteiger partial charge in [-0.05, 0) is 56.9 Å². The monoisotopic (exact) mass is 462 g/mol. The molecule has 3 aliphatic rings. The van der Waals surface area contributed by atoms with Crippen molar-refractivity contribution in [1.82, 2.24) is 20.0 Å². The van der Waals surface area contributed by atoms with Crippen LogP contribution in [0.2, 0.25) is 5.02 Å². The highest BCUT2D eigenvalue weighted by atomic mass is 35.5. The Labute approximate surface area is 196 Å². The maximum Gasteiger partial charge on any atom is 0.234 e. The molecular weight excluding hydrogens is 428 g/mol. The molecule has 0 bridgehead atoms. The van der Waals surface area contributed by atoms with E-state index in [9.17, 15) is 9.59 Å².